The van der Waals surface area contributed by atoms with Gasteiger partial charge in [0.2, 0.25) is 0 Å². The fraction of sp³-hybridized carbons (Fsp3) is 0.684. The van der Waals surface area contributed by atoms with E-state index in [2.05, 4.69) is 13.2 Å². The van der Waals surface area contributed by atoms with Gasteiger partial charge in [-0.3, -0.25) is 4.79 Å². The lowest BCUT2D eigenvalue weighted by molar-refractivity contribution is -0.163. The molecular formula is C19H26O5. The van der Waals surface area contributed by atoms with Crippen LogP contribution in [-0.2, 0) is 19.1 Å². The van der Waals surface area contributed by atoms with E-state index in [1.54, 1.807) is 13.8 Å². The average Bonchev–Trinajstić information content (AvgIpc) is 2.77. The molecule has 0 spiro atoms. The molecule has 0 bridgehead atoms. The van der Waals surface area contributed by atoms with Gasteiger partial charge in [-0.1, -0.05) is 33.9 Å². The summed E-state index contributed by atoms with van der Waals surface area (Å²) in [5.41, 5.74) is 0.914. The molecule has 1 aliphatic heterocycles. The van der Waals surface area contributed by atoms with Crippen LogP contribution in [0.15, 0.2) is 24.3 Å². The zero-order valence-electron chi connectivity index (χ0n) is 14.6. The largest absolute Gasteiger partial charge is 0.458 e. The van der Waals surface area contributed by atoms with Crippen molar-refractivity contribution < 1.29 is 24.2 Å². The number of esters is 2. The van der Waals surface area contributed by atoms with E-state index in [0.29, 0.717) is 24.8 Å². The topological polar surface area (TPSA) is 72.8 Å². The second kappa shape index (κ2) is 5.73. The minimum absolute atomic E-state index is 0.0290. The van der Waals surface area contributed by atoms with Gasteiger partial charge in [-0.2, -0.15) is 0 Å². The second-order valence-electron chi connectivity index (χ2n) is 7.98. The number of aliphatic hydroxyl groups excluding tert-OH is 1. The molecule has 3 aliphatic rings. The molecule has 0 amide bonds. The van der Waals surface area contributed by atoms with Crippen LogP contribution in [-0.4, -0.2) is 35.4 Å². The third kappa shape index (κ3) is 2.50. The molecule has 0 aromatic heterocycles. The Hall–Kier alpha value is -1.62. The summed E-state index contributed by atoms with van der Waals surface area (Å²) in [5.74, 6) is -0.915. The van der Waals surface area contributed by atoms with Crippen LogP contribution in [0.1, 0.15) is 40.0 Å². The van der Waals surface area contributed by atoms with Crippen molar-refractivity contribution in [3.05, 3.63) is 24.3 Å². The van der Waals surface area contributed by atoms with Crippen LogP contribution < -0.4 is 0 Å². The van der Waals surface area contributed by atoms with Crippen LogP contribution in [0.3, 0.4) is 0 Å². The lowest BCUT2D eigenvalue weighted by Crippen LogP contribution is -2.54. The van der Waals surface area contributed by atoms with E-state index in [4.69, 9.17) is 9.47 Å². The third-order valence-electron chi connectivity index (χ3n) is 6.13. The molecule has 3 fully saturated rings. The molecule has 24 heavy (non-hydrogen) atoms. The summed E-state index contributed by atoms with van der Waals surface area (Å²) in [6.45, 7) is 13.6. The fourth-order valence-electron chi connectivity index (χ4n) is 4.44. The van der Waals surface area contributed by atoms with Crippen molar-refractivity contribution in [1.29, 1.82) is 0 Å². The van der Waals surface area contributed by atoms with E-state index in [9.17, 15) is 14.7 Å². The third-order valence-corrected chi connectivity index (χ3v) is 6.13. The zero-order valence-corrected chi connectivity index (χ0v) is 14.6. The number of carbonyl (C=O) groups excluding carboxylic acids is 2. The molecule has 0 aromatic carbocycles. The van der Waals surface area contributed by atoms with Crippen molar-refractivity contribution in [2.75, 3.05) is 0 Å². The minimum Gasteiger partial charge on any atom is -0.458 e. The molecular weight excluding hydrogens is 308 g/mol. The second-order valence-corrected chi connectivity index (χ2v) is 7.98. The first-order valence-corrected chi connectivity index (χ1v) is 8.62. The summed E-state index contributed by atoms with van der Waals surface area (Å²) >= 11 is 0. The summed E-state index contributed by atoms with van der Waals surface area (Å²) in [6, 6.07) is 0. The first-order chi connectivity index (χ1) is 11.1. The highest BCUT2D eigenvalue weighted by atomic mass is 16.6. The van der Waals surface area contributed by atoms with Crippen molar-refractivity contribution in [3.63, 3.8) is 0 Å². The van der Waals surface area contributed by atoms with Gasteiger partial charge >= 0.3 is 11.9 Å². The normalized spacial score (nSPS) is 41.7. The van der Waals surface area contributed by atoms with Crippen molar-refractivity contribution in [3.8, 4) is 0 Å². The number of ether oxygens (including phenoxy) is 2. The van der Waals surface area contributed by atoms with Crippen LogP contribution in [0.4, 0.5) is 0 Å². The van der Waals surface area contributed by atoms with Gasteiger partial charge in [-0.25, -0.2) is 4.79 Å². The van der Waals surface area contributed by atoms with Crippen molar-refractivity contribution in [2.24, 2.45) is 23.2 Å². The maximum Gasteiger partial charge on any atom is 0.334 e. The number of aliphatic hydroxyl groups is 1. The molecule has 3 rings (SSSR count). The molecule has 6 atom stereocenters. The highest BCUT2D eigenvalue weighted by Gasteiger charge is 2.58. The van der Waals surface area contributed by atoms with Gasteiger partial charge in [0.05, 0.1) is 12.0 Å². The highest BCUT2D eigenvalue weighted by Crippen LogP contribution is 2.57. The highest BCUT2D eigenvalue weighted by molar-refractivity contribution is 5.90. The van der Waals surface area contributed by atoms with Crippen molar-refractivity contribution in [1.82, 2.24) is 0 Å². The number of fused-ring (bicyclic) bond motifs is 2. The maximum absolute atomic E-state index is 12.0. The Bertz CT molecular complexity index is 607. The van der Waals surface area contributed by atoms with Gasteiger partial charge in [0.15, 0.2) is 0 Å². The van der Waals surface area contributed by atoms with Crippen molar-refractivity contribution >= 4 is 11.9 Å². The molecule has 5 nitrogen and oxygen atoms in total. The van der Waals surface area contributed by atoms with Crippen molar-refractivity contribution in [2.45, 2.75) is 58.3 Å². The standard InChI is InChI=1S/C19H26O5/c1-9(2)17(21)23-14-7-16(20)19(5)8-15-12(6-13(19)11(14)4)10(3)18(22)24-15/h9,12-16,20H,3-4,6-8H2,1-2,5H3/t12-,13?,14-,15-,16+,19-/m1/s1. The van der Waals surface area contributed by atoms with E-state index in [1.807, 2.05) is 6.92 Å². The van der Waals surface area contributed by atoms with Gasteiger partial charge in [0.1, 0.15) is 12.2 Å². The zero-order chi connectivity index (χ0) is 17.8. The van der Waals surface area contributed by atoms with E-state index in [-0.39, 0.29) is 35.8 Å². The van der Waals surface area contributed by atoms with Gasteiger partial charge in [-0.05, 0) is 24.3 Å². The van der Waals surface area contributed by atoms with E-state index in [0.717, 1.165) is 5.57 Å². The van der Waals surface area contributed by atoms with Gasteiger partial charge < -0.3 is 14.6 Å². The van der Waals surface area contributed by atoms with Gasteiger partial charge in [0.25, 0.3) is 0 Å². The Labute approximate surface area is 142 Å². The van der Waals surface area contributed by atoms with Crippen LogP contribution in [0.2, 0.25) is 0 Å². The Morgan fingerprint density at radius 2 is 2.04 bits per heavy atom. The van der Waals surface area contributed by atoms with E-state index >= 15 is 0 Å². The number of carbonyl (C=O) groups is 2. The minimum atomic E-state index is -0.633. The predicted octanol–water partition coefficient (Wildman–Crippen LogP) is 2.39. The number of hydrogen-bond acceptors (Lipinski definition) is 5. The molecule has 0 aromatic rings. The Balaban J connectivity index is 1.84. The average molecular weight is 334 g/mol. The number of rotatable bonds is 2. The van der Waals surface area contributed by atoms with Crippen LogP contribution >= 0.6 is 0 Å². The van der Waals surface area contributed by atoms with Crippen LogP contribution in [0.5, 0.6) is 0 Å². The first kappa shape index (κ1) is 17.2. The van der Waals surface area contributed by atoms with Crippen LogP contribution in [0, 0.1) is 23.2 Å². The van der Waals surface area contributed by atoms with Crippen LogP contribution in [0.25, 0.3) is 0 Å². The molecule has 1 heterocycles. The monoisotopic (exact) mass is 334 g/mol. The Morgan fingerprint density at radius 3 is 2.67 bits per heavy atom. The van der Waals surface area contributed by atoms with Gasteiger partial charge in [-0.15, -0.1) is 0 Å². The predicted molar refractivity (Wildman–Crippen MR) is 87.8 cm³/mol. The first-order valence-electron chi connectivity index (χ1n) is 8.62. The summed E-state index contributed by atoms with van der Waals surface area (Å²) in [6.07, 6.45) is 0.247. The SMILES string of the molecule is C=C1C(=O)O[C@@H]2C[C@]3(C)C(C[C@H]12)C(=C)[C@H](OC(=O)C(C)C)C[C@@H]3O. The lowest BCUT2D eigenvalue weighted by atomic mass is 9.54. The Morgan fingerprint density at radius 1 is 1.38 bits per heavy atom. The molecule has 132 valence electrons. The molecule has 2 saturated carbocycles. The lowest BCUT2D eigenvalue weighted by Gasteiger charge is -2.53. The number of hydrogen-bond donors (Lipinski definition) is 1. The van der Waals surface area contributed by atoms with Gasteiger partial charge in [0, 0.05) is 23.3 Å². The Kier molecular flexibility index (Phi) is 4.11. The maximum atomic E-state index is 12.0. The molecule has 1 N–H and O–H groups in total. The van der Waals surface area contributed by atoms with E-state index < -0.39 is 17.6 Å². The molecule has 5 heteroatoms. The summed E-state index contributed by atoms with van der Waals surface area (Å²) in [7, 11) is 0. The molecule has 1 saturated heterocycles. The summed E-state index contributed by atoms with van der Waals surface area (Å²) in [5, 5.41) is 10.8. The van der Waals surface area contributed by atoms with E-state index in [1.165, 1.54) is 0 Å². The molecule has 1 unspecified atom stereocenters. The smallest absolute Gasteiger partial charge is 0.334 e. The summed E-state index contributed by atoms with van der Waals surface area (Å²) in [4.78, 5) is 23.8. The summed E-state index contributed by atoms with van der Waals surface area (Å²) < 4.78 is 11.0. The molecule has 0 radical (unpaired) electrons. The quantitative estimate of drug-likeness (QED) is 0.477. The molecule has 2 aliphatic carbocycles. The fourth-order valence-corrected chi connectivity index (χ4v) is 4.44.